The van der Waals surface area contributed by atoms with Gasteiger partial charge in [0.05, 0.1) is 7.11 Å². The lowest BCUT2D eigenvalue weighted by Gasteiger charge is -2.26. The summed E-state index contributed by atoms with van der Waals surface area (Å²) in [4.78, 5) is 36.3. The number of carboxylic acid groups (broad SMARTS) is 1. The first kappa shape index (κ1) is 17.2. The SMILES string of the molecule is CCCN(CC(=O)O)C(=O)N(C)CCCC(=O)OC. The van der Waals surface area contributed by atoms with Crippen LogP contribution in [0, 0.1) is 0 Å². The first-order chi connectivity index (χ1) is 8.92. The predicted molar refractivity (Wildman–Crippen MR) is 68.8 cm³/mol. The van der Waals surface area contributed by atoms with E-state index >= 15 is 0 Å². The van der Waals surface area contributed by atoms with E-state index in [2.05, 4.69) is 4.74 Å². The van der Waals surface area contributed by atoms with Gasteiger partial charge in [0.15, 0.2) is 0 Å². The van der Waals surface area contributed by atoms with Crippen LogP contribution in [0.3, 0.4) is 0 Å². The highest BCUT2D eigenvalue weighted by Crippen LogP contribution is 2.02. The smallest absolute Gasteiger partial charge is 0.323 e. The van der Waals surface area contributed by atoms with Crippen molar-refractivity contribution in [1.82, 2.24) is 9.80 Å². The van der Waals surface area contributed by atoms with Gasteiger partial charge < -0.3 is 19.6 Å². The molecule has 7 heteroatoms. The lowest BCUT2D eigenvalue weighted by molar-refractivity contribution is -0.140. The maximum Gasteiger partial charge on any atom is 0.323 e. The normalized spacial score (nSPS) is 9.84. The minimum atomic E-state index is -1.04. The van der Waals surface area contributed by atoms with E-state index in [0.29, 0.717) is 25.9 Å². The number of methoxy groups -OCH3 is 1. The minimum Gasteiger partial charge on any atom is -0.480 e. The molecule has 0 unspecified atom stereocenters. The Labute approximate surface area is 113 Å². The Morgan fingerprint density at radius 3 is 2.32 bits per heavy atom. The van der Waals surface area contributed by atoms with Gasteiger partial charge in [-0.3, -0.25) is 9.59 Å². The molecule has 0 saturated carbocycles. The van der Waals surface area contributed by atoms with Crippen molar-refractivity contribution in [2.24, 2.45) is 0 Å². The molecule has 110 valence electrons. The third-order valence-electron chi connectivity index (χ3n) is 2.52. The molecule has 1 N–H and O–H groups in total. The van der Waals surface area contributed by atoms with Crippen molar-refractivity contribution in [3.05, 3.63) is 0 Å². The Morgan fingerprint density at radius 2 is 1.84 bits per heavy atom. The number of carboxylic acids is 1. The molecule has 0 rings (SSSR count). The number of urea groups is 1. The van der Waals surface area contributed by atoms with Crippen molar-refractivity contribution in [2.45, 2.75) is 26.2 Å². The van der Waals surface area contributed by atoms with E-state index in [1.165, 1.54) is 16.9 Å². The van der Waals surface area contributed by atoms with Crippen LogP contribution in [0.4, 0.5) is 4.79 Å². The summed E-state index contributed by atoms with van der Waals surface area (Å²) in [7, 11) is 2.90. The van der Waals surface area contributed by atoms with Crippen molar-refractivity contribution >= 4 is 18.0 Å². The zero-order valence-electron chi connectivity index (χ0n) is 11.7. The first-order valence-corrected chi connectivity index (χ1v) is 6.21. The van der Waals surface area contributed by atoms with Gasteiger partial charge in [0.1, 0.15) is 6.54 Å². The topological polar surface area (TPSA) is 87.2 Å². The number of aliphatic carboxylic acids is 1. The van der Waals surface area contributed by atoms with Crippen LogP contribution in [0.5, 0.6) is 0 Å². The van der Waals surface area contributed by atoms with Gasteiger partial charge in [-0.1, -0.05) is 6.92 Å². The molecule has 0 atom stereocenters. The van der Waals surface area contributed by atoms with E-state index in [9.17, 15) is 14.4 Å². The molecule has 0 radical (unpaired) electrons. The summed E-state index contributed by atoms with van der Waals surface area (Å²) in [6, 6.07) is -0.339. The van der Waals surface area contributed by atoms with Crippen LogP contribution in [-0.4, -0.2) is 66.7 Å². The number of carbonyl (C=O) groups is 3. The maximum atomic E-state index is 12.0. The highest BCUT2D eigenvalue weighted by molar-refractivity contribution is 5.80. The molecule has 0 heterocycles. The molecule has 0 aromatic carbocycles. The van der Waals surface area contributed by atoms with Crippen molar-refractivity contribution in [3.8, 4) is 0 Å². The van der Waals surface area contributed by atoms with E-state index in [1.54, 1.807) is 7.05 Å². The van der Waals surface area contributed by atoms with Gasteiger partial charge in [-0.05, 0) is 12.8 Å². The Kier molecular flexibility index (Phi) is 8.32. The Hall–Kier alpha value is -1.79. The van der Waals surface area contributed by atoms with Gasteiger partial charge in [0, 0.05) is 26.6 Å². The van der Waals surface area contributed by atoms with Gasteiger partial charge in [-0.25, -0.2) is 4.79 Å². The van der Waals surface area contributed by atoms with Crippen LogP contribution in [0.25, 0.3) is 0 Å². The quantitative estimate of drug-likeness (QED) is 0.661. The summed E-state index contributed by atoms with van der Waals surface area (Å²) in [5.74, 6) is -1.36. The van der Waals surface area contributed by atoms with Crippen LogP contribution >= 0.6 is 0 Å². The molecule has 0 aliphatic heterocycles. The molecule has 0 fully saturated rings. The Bertz CT molecular complexity index is 319. The van der Waals surface area contributed by atoms with Crippen molar-refractivity contribution in [1.29, 1.82) is 0 Å². The molecule has 0 aromatic heterocycles. The third kappa shape index (κ3) is 7.28. The Morgan fingerprint density at radius 1 is 1.21 bits per heavy atom. The molecular formula is C12H22N2O5. The lowest BCUT2D eigenvalue weighted by atomic mass is 10.3. The summed E-state index contributed by atoms with van der Waals surface area (Å²) in [5, 5.41) is 8.75. The second-order valence-electron chi connectivity index (χ2n) is 4.20. The average molecular weight is 274 g/mol. The zero-order chi connectivity index (χ0) is 14.8. The summed E-state index contributed by atoms with van der Waals surface area (Å²) < 4.78 is 4.50. The third-order valence-corrected chi connectivity index (χ3v) is 2.52. The number of ether oxygens (including phenoxy) is 1. The molecule has 2 amide bonds. The van der Waals surface area contributed by atoms with Gasteiger partial charge in [-0.15, -0.1) is 0 Å². The van der Waals surface area contributed by atoms with Gasteiger partial charge in [0.25, 0.3) is 0 Å². The first-order valence-electron chi connectivity index (χ1n) is 6.21. The molecule has 0 aromatic rings. The van der Waals surface area contributed by atoms with Crippen molar-refractivity contribution < 1.29 is 24.2 Å². The molecule has 0 aliphatic rings. The Balaban J connectivity index is 4.25. The minimum absolute atomic E-state index is 0.237. The molecule has 0 bridgehead atoms. The number of hydrogen-bond acceptors (Lipinski definition) is 4. The number of nitrogens with zero attached hydrogens (tertiary/aromatic N) is 2. The van der Waals surface area contributed by atoms with Gasteiger partial charge >= 0.3 is 18.0 Å². The second-order valence-corrected chi connectivity index (χ2v) is 4.20. The zero-order valence-corrected chi connectivity index (χ0v) is 11.7. The lowest BCUT2D eigenvalue weighted by Crippen LogP contribution is -2.44. The maximum absolute atomic E-state index is 12.0. The summed E-state index contributed by atoms with van der Waals surface area (Å²) in [6.07, 6.45) is 1.41. The van der Waals surface area contributed by atoms with Crippen LogP contribution in [0.15, 0.2) is 0 Å². The summed E-state index contributed by atoms with van der Waals surface area (Å²) in [5.41, 5.74) is 0. The number of rotatable bonds is 8. The van der Waals surface area contributed by atoms with E-state index in [-0.39, 0.29) is 25.0 Å². The molecule has 0 spiro atoms. The van der Waals surface area contributed by atoms with Crippen LogP contribution < -0.4 is 0 Å². The predicted octanol–water partition coefficient (Wildman–Crippen LogP) is 0.788. The van der Waals surface area contributed by atoms with E-state index < -0.39 is 5.97 Å². The van der Waals surface area contributed by atoms with Gasteiger partial charge in [-0.2, -0.15) is 0 Å². The molecule has 0 saturated heterocycles. The highest BCUT2D eigenvalue weighted by atomic mass is 16.5. The summed E-state index contributed by atoms with van der Waals surface area (Å²) >= 11 is 0. The van der Waals surface area contributed by atoms with Crippen LogP contribution in [-0.2, 0) is 14.3 Å². The monoisotopic (exact) mass is 274 g/mol. The molecule has 0 aliphatic carbocycles. The van der Waals surface area contributed by atoms with E-state index in [0.717, 1.165) is 0 Å². The number of esters is 1. The largest absolute Gasteiger partial charge is 0.480 e. The molecular weight excluding hydrogens is 252 g/mol. The van der Waals surface area contributed by atoms with Crippen LogP contribution in [0.2, 0.25) is 0 Å². The average Bonchev–Trinajstić information content (AvgIpc) is 2.36. The number of amides is 2. The standard InChI is InChI=1S/C12H22N2O5/c1-4-7-14(9-10(15)16)12(18)13(2)8-5-6-11(17)19-3/h4-9H2,1-3H3,(H,15,16). The summed E-state index contributed by atoms with van der Waals surface area (Å²) in [6.45, 7) is 2.34. The van der Waals surface area contributed by atoms with Crippen molar-refractivity contribution in [3.63, 3.8) is 0 Å². The number of hydrogen-bond donors (Lipinski definition) is 1. The second kappa shape index (κ2) is 9.18. The fraction of sp³-hybridized carbons (Fsp3) is 0.750. The fourth-order valence-corrected chi connectivity index (χ4v) is 1.58. The molecule has 19 heavy (non-hydrogen) atoms. The molecule has 7 nitrogen and oxygen atoms in total. The number of carbonyl (C=O) groups excluding carboxylic acids is 2. The van der Waals surface area contributed by atoms with E-state index in [1.807, 2.05) is 6.92 Å². The van der Waals surface area contributed by atoms with Crippen molar-refractivity contribution in [2.75, 3.05) is 33.8 Å². The highest BCUT2D eigenvalue weighted by Gasteiger charge is 2.19. The van der Waals surface area contributed by atoms with E-state index in [4.69, 9.17) is 5.11 Å². The van der Waals surface area contributed by atoms with Crippen LogP contribution in [0.1, 0.15) is 26.2 Å². The van der Waals surface area contributed by atoms with Gasteiger partial charge in [0.2, 0.25) is 0 Å². The fourth-order valence-electron chi connectivity index (χ4n) is 1.58.